The van der Waals surface area contributed by atoms with Crippen LogP contribution in [0.1, 0.15) is 66.0 Å². The molecule has 2 heterocycles. The summed E-state index contributed by atoms with van der Waals surface area (Å²) in [5.74, 6) is 0.385. The van der Waals surface area contributed by atoms with E-state index in [-0.39, 0.29) is 25.5 Å². The minimum atomic E-state index is -4.48. The van der Waals surface area contributed by atoms with E-state index in [1.807, 2.05) is 36.1 Å². The van der Waals surface area contributed by atoms with Crippen LogP contribution in [0.15, 0.2) is 67.0 Å². The van der Waals surface area contributed by atoms with E-state index in [9.17, 15) is 18.0 Å². The number of ether oxygens (including phenoxy) is 2. The Morgan fingerprint density at radius 2 is 1.69 bits per heavy atom. The largest absolute Gasteiger partial charge is 0.493 e. The number of carboxylic acid groups (broad SMARTS) is 1. The topological polar surface area (TPSA) is 88.0 Å². The third kappa shape index (κ3) is 9.50. The highest BCUT2D eigenvalue weighted by Crippen LogP contribution is 2.37. The van der Waals surface area contributed by atoms with Gasteiger partial charge in [-0.15, -0.1) is 0 Å². The maximum atomic E-state index is 13.8. The first kappa shape index (κ1) is 35.7. The van der Waals surface area contributed by atoms with Crippen LogP contribution >= 0.6 is 0 Å². The van der Waals surface area contributed by atoms with Crippen LogP contribution in [-0.2, 0) is 28.8 Å². The van der Waals surface area contributed by atoms with Crippen molar-refractivity contribution >= 4 is 17.6 Å². The molecule has 0 spiro atoms. The number of aliphatic carboxylic acids is 1. The van der Waals surface area contributed by atoms with Crippen molar-refractivity contribution in [2.75, 3.05) is 42.7 Å². The molecule has 0 unspecified atom stereocenters. The number of benzene rings is 3. The molecule has 0 amide bonds. The lowest BCUT2D eigenvalue weighted by atomic mass is 9.92. The smallest absolute Gasteiger partial charge is 0.416 e. The molecule has 1 aliphatic rings. The predicted molar refractivity (Wildman–Crippen MR) is 184 cm³/mol. The van der Waals surface area contributed by atoms with E-state index in [0.717, 1.165) is 52.7 Å². The zero-order valence-electron chi connectivity index (χ0n) is 28.4. The third-order valence-electron chi connectivity index (χ3n) is 8.50. The van der Waals surface area contributed by atoms with Crippen LogP contribution in [0.25, 0.3) is 11.1 Å². The SMILES string of the molecule is Cc1cc(CN(Cc2cc(C)ccc2-c2cc(C(C)C)ccc2OCCCC(=O)O)c2ncc(N3CCOCC3)cn2)cc(C(F)(F)F)c1. The maximum Gasteiger partial charge on any atom is 0.416 e. The molecule has 1 aliphatic heterocycles. The van der Waals surface area contributed by atoms with Crippen molar-refractivity contribution in [3.63, 3.8) is 0 Å². The predicted octanol–water partition coefficient (Wildman–Crippen LogP) is 8.19. The molecule has 11 heteroatoms. The summed E-state index contributed by atoms with van der Waals surface area (Å²) in [5.41, 5.74) is 5.96. The van der Waals surface area contributed by atoms with Crippen molar-refractivity contribution in [1.29, 1.82) is 0 Å². The van der Waals surface area contributed by atoms with Gasteiger partial charge in [0.25, 0.3) is 0 Å². The molecule has 0 bridgehead atoms. The molecule has 0 radical (unpaired) electrons. The average Bonchev–Trinajstić information content (AvgIpc) is 3.06. The minimum Gasteiger partial charge on any atom is -0.493 e. The number of aryl methyl sites for hydroxylation is 2. The van der Waals surface area contributed by atoms with E-state index in [2.05, 4.69) is 30.9 Å². The van der Waals surface area contributed by atoms with Crippen LogP contribution in [0, 0.1) is 13.8 Å². The molecule has 260 valence electrons. The molecular weight excluding hydrogens is 633 g/mol. The summed E-state index contributed by atoms with van der Waals surface area (Å²) in [5, 5.41) is 9.10. The number of halogens is 3. The molecule has 0 saturated carbocycles. The summed E-state index contributed by atoms with van der Waals surface area (Å²) in [6.45, 7) is 11.2. The molecule has 1 fully saturated rings. The van der Waals surface area contributed by atoms with Gasteiger partial charge in [-0.05, 0) is 72.7 Å². The molecule has 1 saturated heterocycles. The summed E-state index contributed by atoms with van der Waals surface area (Å²) in [7, 11) is 0. The van der Waals surface area contributed by atoms with Gasteiger partial charge in [-0.25, -0.2) is 9.97 Å². The second-order valence-corrected chi connectivity index (χ2v) is 12.8. The lowest BCUT2D eigenvalue weighted by molar-refractivity contribution is -0.138. The summed E-state index contributed by atoms with van der Waals surface area (Å²) in [6.07, 6.45) is -0.602. The number of anilines is 2. The first-order valence-electron chi connectivity index (χ1n) is 16.5. The number of carboxylic acids is 1. The van der Waals surface area contributed by atoms with E-state index in [1.165, 1.54) is 6.07 Å². The molecular formula is C38H43F3N4O4. The monoisotopic (exact) mass is 676 g/mol. The van der Waals surface area contributed by atoms with Crippen molar-refractivity contribution in [2.24, 2.45) is 0 Å². The highest BCUT2D eigenvalue weighted by molar-refractivity contribution is 5.75. The number of rotatable bonds is 13. The van der Waals surface area contributed by atoms with Gasteiger partial charge < -0.3 is 24.4 Å². The van der Waals surface area contributed by atoms with Crippen LogP contribution in [-0.4, -0.2) is 54.0 Å². The number of carbonyl (C=O) groups is 1. The van der Waals surface area contributed by atoms with Gasteiger partial charge in [0.1, 0.15) is 5.75 Å². The van der Waals surface area contributed by atoms with Gasteiger partial charge in [0, 0.05) is 38.2 Å². The van der Waals surface area contributed by atoms with Gasteiger partial charge >= 0.3 is 12.1 Å². The lowest BCUT2D eigenvalue weighted by Crippen LogP contribution is -2.36. The fourth-order valence-corrected chi connectivity index (χ4v) is 5.97. The number of nitrogens with zero attached hydrogens (tertiary/aromatic N) is 4. The molecule has 49 heavy (non-hydrogen) atoms. The molecule has 0 aliphatic carbocycles. The molecule has 4 aromatic rings. The number of hydrogen-bond donors (Lipinski definition) is 1. The van der Waals surface area contributed by atoms with Gasteiger partial charge in [0.15, 0.2) is 0 Å². The Morgan fingerprint density at radius 3 is 2.37 bits per heavy atom. The number of aromatic nitrogens is 2. The van der Waals surface area contributed by atoms with Gasteiger partial charge in [-0.2, -0.15) is 13.2 Å². The van der Waals surface area contributed by atoms with Gasteiger partial charge in [-0.3, -0.25) is 4.79 Å². The van der Waals surface area contributed by atoms with Gasteiger partial charge in [0.05, 0.1) is 43.5 Å². The van der Waals surface area contributed by atoms with Crippen LogP contribution in [0.4, 0.5) is 24.8 Å². The van der Waals surface area contributed by atoms with Gasteiger partial charge in [0.2, 0.25) is 5.95 Å². The third-order valence-corrected chi connectivity index (χ3v) is 8.50. The van der Waals surface area contributed by atoms with Crippen molar-refractivity contribution in [3.8, 4) is 16.9 Å². The summed E-state index contributed by atoms with van der Waals surface area (Å²) in [4.78, 5) is 24.6. The Balaban J connectivity index is 1.55. The highest BCUT2D eigenvalue weighted by atomic mass is 19.4. The summed E-state index contributed by atoms with van der Waals surface area (Å²) < 4.78 is 53.2. The van der Waals surface area contributed by atoms with E-state index in [4.69, 9.17) is 24.5 Å². The van der Waals surface area contributed by atoms with Crippen LogP contribution in [0.2, 0.25) is 0 Å². The van der Waals surface area contributed by atoms with Gasteiger partial charge in [-0.1, -0.05) is 55.3 Å². The zero-order valence-corrected chi connectivity index (χ0v) is 28.4. The summed E-state index contributed by atoms with van der Waals surface area (Å²) in [6, 6.07) is 16.3. The Morgan fingerprint density at radius 1 is 0.959 bits per heavy atom. The molecule has 5 rings (SSSR count). The summed E-state index contributed by atoms with van der Waals surface area (Å²) >= 11 is 0. The second-order valence-electron chi connectivity index (χ2n) is 12.8. The maximum absolute atomic E-state index is 13.8. The van der Waals surface area contributed by atoms with Crippen molar-refractivity contribution in [3.05, 3.63) is 100 Å². The molecule has 1 aromatic heterocycles. The number of alkyl halides is 3. The van der Waals surface area contributed by atoms with Crippen molar-refractivity contribution in [1.82, 2.24) is 9.97 Å². The quantitative estimate of drug-likeness (QED) is 0.142. The minimum absolute atomic E-state index is 0.00347. The van der Waals surface area contributed by atoms with E-state index >= 15 is 0 Å². The molecule has 3 aromatic carbocycles. The van der Waals surface area contributed by atoms with Crippen molar-refractivity contribution < 1.29 is 32.5 Å². The normalized spacial score (nSPS) is 13.5. The Bertz CT molecular complexity index is 1740. The Labute approximate surface area is 285 Å². The standard InChI is InChI=1S/C38H43F3N4O4/c1-25(2)29-8-10-35(49-13-5-6-36(46)47)34(20-29)33-9-7-26(3)17-30(33)24-45(23-28-16-27(4)18-31(19-28)38(39,40)41)37-42-21-32(22-43-37)44-11-14-48-15-12-44/h7-10,16-22,25H,5-6,11-15,23-24H2,1-4H3,(H,46,47). The van der Waals surface area contributed by atoms with Crippen LogP contribution < -0.4 is 14.5 Å². The zero-order chi connectivity index (χ0) is 35.1. The Kier molecular flexibility index (Phi) is 11.4. The number of hydrogen-bond acceptors (Lipinski definition) is 7. The first-order valence-corrected chi connectivity index (χ1v) is 16.5. The lowest BCUT2D eigenvalue weighted by Gasteiger charge is -2.29. The van der Waals surface area contributed by atoms with Crippen molar-refractivity contribution in [2.45, 2.75) is 65.7 Å². The van der Waals surface area contributed by atoms with E-state index < -0.39 is 17.7 Å². The second kappa shape index (κ2) is 15.7. The van der Waals surface area contributed by atoms with Crippen LogP contribution in [0.5, 0.6) is 5.75 Å². The molecule has 1 N–H and O–H groups in total. The molecule has 8 nitrogen and oxygen atoms in total. The van der Waals surface area contributed by atoms with E-state index in [0.29, 0.717) is 49.0 Å². The fourth-order valence-electron chi connectivity index (χ4n) is 5.97. The number of morpholine rings is 1. The van der Waals surface area contributed by atoms with Crippen LogP contribution in [0.3, 0.4) is 0 Å². The Hall–Kier alpha value is -4.64. The fraction of sp³-hybridized carbons (Fsp3) is 0.395. The molecule has 0 atom stereocenters. The average molecular weight is 677 g/mol. The first-order chi connectivity index (χ1) is 23.4. The van der Waals surface area contributed by atoms with E-state index in [1.54, 1.807) is 25.4 Å². The highest BCUT2D eigenvalue weighted by Gasteiger charge is 2.31.